The van der Waals surface area contributed by atoms with E-state index in [9.17, 15) is 14.4 Å². The van der Waals surface area contributed by atoms with E-state index in [4.69, 9.17) is 42.6 Å². The predicted octanol–water partition coefficient (Wildman–Crippen LogP) is 15.9. The van der Waals surface area contributed by atoms with E-state index >= 15 is 0 Å². The van der Waals surface area contributed by atoms with Gasteiger partial charge in [-0.15, -0.1) is 0 Å². The Morgan fingerprint density at radius 2 is 0.495 bits per heavy atom. The van der Waals surface area contributed by atoms with E-state index in [1.165, 1.54) is 96.3 Å². The van der Waals surface area contributed by atoms with Crippen LogP contribution in [0, 0.1) is 71.0 Å². The Hall–Kier alpha value is -7.12. The van der Waals surface area contributed by atoms with Crippen LogP contribution in [-0.4, -0.2) is 54.5 Å². The van der Waals surface area contributed by atoms with Crippen molar-refractivity contribution in [2.45, 2.75) is 168 Å². The molecule has 12 bridgehead atoms. The molecule has 12 aliphatic carbocycles. The molecule has 18 rings (SSSR count). The molecule has 12 fully saturated rings. The summed E-state index contributed by atoms with van der Waals surface area (Å²) in [6.07, 6.45) is 18.3. The highest BCUT2D eigenvalue weighted by Gasteiger charge is 2.59. The van der Waals surface area contributed by atoms with Gasteiger partial charge in [-0.2, -0.15) is 0 Å². The van der Waals surface area contributed by atoms with E-state index in [0.29, 0.717) is 72.6 Å². The Labute approximate surface area is 539 Å². The molecule has 0 atom stereocenters. The average Bonchev–Trinajstić information content (AvgIpc) is 0.770. The van der Waals surface area contributed by atoms with Crippen LogP contribution < -0.4 is 28.4 Å². The molecule has 0 aromatic heterocycles. The van der Waals surface area contributed by atoms with E-state index in [-0.39, 0.29) is 54.5 Å². The molecule has 12 aliphatic rings. The van der Waals surface area contributed by atoms with Gasteiger partial charge in [0.1, 0.15) is 71.1 Å². The van der Waals surface area contributed by atoms with Crippen LogP contribution in [0.25, 0.3) is 0 Å². The van der Waals surface area contributed by atoms with Gasteiger partial charge in [0.2, 0.25) is 0 Å². The van der Waals surface area contributed by atoms with Gasteiger partial charge < -0.3 is 42.6 Å². The first-order valence-corrected chi connectivity index (χ1v) is 35.2. The zero-order valence-electron chi connectivity index (χ0n) is 52.9. The topological polar surface area (TPSA) is 134 Å². The van der Waals surface area contributed by atoms with E-state index in [1.807, 2.05) is 109 Å². The Bertz CT molecular complexity index is 3090. The molecule has 0 saturated heterocycles. The van der Waals surface area contributed by atoms with Crippen molar-refractivity contribution in [3.8, 4) is 34.5 Å². The van der Waals surface area contributed by atoms with Gasteiger partial charge in [-0.25, -0.2) is 14.4 Å². The maximum Gasteiger partial charge on any atom is 0.344 e. The molecule has 0 amide bonds. The fourth-order valence-corrected chi connectivity index (χ4v) is 21.1. The Morgan fingerprint density at radius 1 is 0.297 bits per heavy atom. The van der Waals surface area contributed by atoms with Crippen LogP contribution in [0.5, 0.6) is 34.5 Å². The van der Waals surface area contributed by atoms with Crippen LogP contribution in [0.2, 0.25) is 0 Å². The molecule has 0 unspecified atom stereocenters. The Morgan fingerprint density at radius 3 is 0.714 bits per heavy atom. The lowest BCUT2D eigenvalue weighted by molar-refractivity contribution is -0.205. The maximum atomic E-state index is 13.1. The van der Waals surface area contributed by atoms with Crippen LogP contribution in [0.15, 0.2) is 160 Å². The molecule has 91 heavy (non-hydrogen) atoms. The van der Waals surface area contributed by atoms with E-state index < -0.39 is 10.9 Å². The number of benzene rings is 6. The van der Waals surface area contributed by atoms with E-state index in [0.717, 1.165) is 84.1 Å². The summed E-state index contributed by atoms with van der Waals surface area (Å²) in [5.41, 5.74) is 1.81. The summed E-state index contributed by atoms with van der Waals surface area (Å²) in [4.78, 5) is 42.7. The van der Waals surface area contributed by atoms with Gasteiger partial charge in [-0.1, -0.05) is 36.4 Å². The monoisotopic (exact) mass is 1250 g/mol. The van der Waals surface area contributed by atoms with Gasteiger partial charge in [0.15, 0.2) is 34.5 Å². The number of carbonyl (C=O) groups excluding carboxylic acids is 3. The van der Waals surface area contributed by atoms with E-state index in [2.05, 4.69) is 57.2 Å². The maximum absolute atomic E-state index is 13.1. The van der Waals surface area contributed by atoms with Gasteiger partial charge in [0, 0.05) is 0 Å². The van der Waals surface area contributed by atoms with Gasteiger partial charge in [0.25, 0.3) is 0 Å². The van der Waals surface area contributed by atoms with Crippen LogP contribution in [0.4, 0.5) is 0 Å². The fraction of sp³-hybridized carbons (Fsp3) is 0.500. The number of rotatable bonds is 24. The lowest BCUT2D eigenvalue weighted by Crippen LogP contribution is -2.58. The third-order valence-electron chi connectivity index (χ3n) is 23.5. The minimum absolute atomic E-state index is 0.105. The Balaban J connectivity index is 0.558. The second kappa shape index (κ2) is 25.1. The van der Waals surface area contributed by atoms with Gasteiger partial charge in [0.05, 0.1) is 10.9 Å². The second-order valence-electron chi connectivity index (χ2n) is 29.3. The van der Waals surface area contributed by atoms with Crippen LogP contribution >= 0.6 is 0 Å². The zero-order chi connectivity index (χ0) is 61.8. The number of hydrogen-bond acceptors (Lipinski definition) is 12. The van der Waals surface area contributed by atoms with Crippen molar-refractivity contribution in [3.05, 3.63) is 162 Å². The quantitative estimate of drug-likeness (QED) is 0.0324. The highest BCUT2D eigenvalue weighted by molar-refractivity contribution is 7.97. The molecular formula is C78H87O12S+. The van der Waals surface area contributed by atoms with Crippen molar-refractivity contribution in [1.29, 1.82) is 0 Å². The zero-order valence-corrected chi connectivity index (χ0v) is 53.8. The highest BCUT2D eigenvalue weighted by atomic mass is 32.2. The van der Waals surface area contributed by atoms with Crippen molar-refractivity contribution in [2.24, 2.45) is 71.0 Å². The molecule has 12 nitrogen and oxygen atoms in total. The number of esters is 3. The standard InChI is InChI=1S/C78H87O12S/c1-76(58-31-52-28-53(33-58)34-59(76)32-52)88-73(79)46-85-64-10-4-49(5-11-64)43-82-67-16-22-70(23-17-67)91(71-24-18-68(19-25-71)83-44-50-6-12-65(13-7-50)86-47-74(80)89-77(2)60-35-54-29-55(37-60)38-61(77)36-54)72-26-20-69(21-27-72)84-45-51-8-14-66(15-9-51)87-48-75(81)90-78(3)62-39-56-30-57(41-62)42-63(78)40-56/h4-27,52-63H,28-48H2,1-3H3/q+1. The van der Waals surface area contributed by atoms with Crippen molar-refractivity contribution in [3.63, 3.8) is 0 Å². The molecule has 12 saturated carbocycles. The smallest absolute Gasteiger partial charge is 0.344 e. The van der Waals surface area contributed by atoms with Gasteiger partial charge >= 0.3 is 17.9 Å². The van der Waals surface area contributed by atoms with Crippen molar-refractivity contribution >= 4 is 28.8 Å². The molecule has 476 valence electrons. The lowest BCUT2D eigenvalue weighted by atomic mass is 9.50. The van der Waals surface area contributed by atoms with E-state index in [1.54, 1.807) is 0 Å². The first kappa shape index (κ1) is 60.1. The molecule has 0 heterocycles. The Kier molecular flexibility index (Phi) is 16.6. The SMILES string of the molecule is CC1(OC(=O)COc2ccc(COc3ccc([S+](c4ccc(OCc5ccc(OCC(=O)OC6(C)C7CC8CC(C7)CC6C8)cc5)cc4)c4ccc(OCc5ccc(OCC(=O)OC6(C)C7CC8CC(C7)CC6C8)cc5)cc4)cc3)cc2)C2CC3CC(C2)CC1C3. The summed E-state index contributed by atoms with van der Waals surface area (Å²) >= 11 is 0. The molecule has 0 aliphatic heterocycles. The van der Waals surface area contributed by atoms with Crippen LogP contribution in [-0.2, 0) is 59.3 Å². The predicted molar refractivity (Wildman–Crippen MR) is 345 cm³/mol. The summed E-state index contributed by atoms with van der Waals surface area (Å²) in [5.74, 6) is 10.9. The second-order valence-corrected chi connectivity index (χ2v) is 31.3. The average molecular weight is 1250 g/mol. The van der Waals surface area contributed by atoms with Gasteiger partial charge in [-0.3, -0.25) is 0 Å². The number of ether oxygens (including phenoxy) is 9. The molecule has 6 aromatic rings. The lowest BCUT2D eigenvalue weighted by Gasteiger charge is -2.59. The van der Waals surface area contributed by atoms with Crippen molar-refractivity contribution in [2.75, 3.05) is 19.8 Å². The summed E-state index contributed by atoms with van der Waals surface area (Å²) in [6, 6.07) is 48.0. The third kappa shape index (κ3) is 12.8. The van der Waals surface area contributed by atoms with Gasteiger partial charge in [-0.05, 0) is 314 Å². The number of hydrogen-bond donors (Lipinski definition) is 0. The molecule has 0 radical (unpaired) electrons. The first-order valence-electron chi connectivity index (χ1n) is 33.9. The fourth-order valence-electron chi connectivity index (χ4n) is 19.1. The molecular weight excluding hydrogens is 1160 g/mol. The molecule has 13 heteroatoms. The first-order chi connectivity index (χ1) is 44.2. The van der Waals surface area contributed by atoms with Crippen LogP contribution in [0.3, 0.4) is 0 Å². The van der Waals surface area contributed by atoms with Crippen molar-refractivity contribution < 1.29 is 57.0 Å². The summed E-state index contributed by atoms with van der Waals surface area (Å²) in [7, 11) is -0.509. The molecule has 0 N–H and O–H groups in total. The minimum Gasteiger partial charge on any atom is -0.489 e. The van der Waals surface area contributed by atoms with Crippen LogP contribution in [0.1, 0.15) is 134 Å². The molecule has 6 aromatic carbocycles. The normalized spacial score (nSPS) is 31.9. The molecule has 0 spiro atoms. The summed E-state index contributed by atoms with van der Waals surface area (Å²) < 4.78 is 55.5. The number of carbonyl (C=O) groups is 3. The summed E-state index contributed by atoms with van der Waals surface area (Å²) in [5, 5.41) is 0. The third-order valence-corrected chi connectivity index (χ3v) is 25.7. The summed E-state index contributed by atoms with van der Waals surface area (Å²) in [6.45, 7) is 7.28. The highest BCUT2D eigenvalue weighted by Crippen LogP contribution is 2.62. The minimum atomic E-state index is -0.509. The largest absolute Gasteiger partial charge is 0.489 e. The van der Waals surface area contributed by atoms with Crippen molar-refractivity contribution in [1.82, 2.24) is 0 Å².